The fraction of sp³-hybridized carbons (Fsp3) is 0.333. The Labute approximate surface area is 113 Å². The van der Waals surface area contributed by atoms with Crippen LogP contribution in [0, 0.1) is 0 Å². The maximum Gasteiger partial charge on any atom is 0.120 e. The maximum absolute atomic E-state index is 5.67. The highest BCUT2D eigenvalue weighted by Crippen LogP contribution is 2.14. The number of nitrogens with zero attached hydrogens (tertiary/aromatic N) is 2. The number of rotatable bonds is 6. The second kappa shape index (κ2) is 6.85. The summed E-state index contributed by atoms with van der Waals surface area (Å²) in [4.78, 5) is 0. The Morgan fingerprint density at radius 3 is 2.79 bits per heavy atom. The molecule has 0 aliphatic rings. The zero-order valence-corrected chi connectivity index (χ0v) is 11.3. The zero-order valence-electron chi connectivity index (χ0n) is 11.3. The summed E-state index contributed by atoms with van der Waals surface area (Å²) in [6.07, 6.45) is 1.87. The van der Waals surface area contributed by atoms with Crippen LogP contribution in [0.4, 0.5) is 0 Å². The summed E-state index contributed by atoms with van der Waals surface area (Å²) in [6.45, 7) is 5.55. The summed E-state index contributed by atoms with van der Waals surface area (Å²) in [5.74, 6) is 0.911. The standard InChI is InChI=1S/C15H19N3O/c1-12(2)19-15-7-3-5-13(9-15)10-16-11-14-6-4-8-17-18-14/h3-9,12,16H,10-11H2,1-2H3. The first-order chi connectivity index (χ1) is 9.24. The molecule has 0 aliphatic heterocycles. The first-order valence-electron chi connectivity index (χ1n) is 6.47. The van der Waals surface area contributed by atoms with E-state index in [9.17, 15) is 0 Å². The van der Waals surface area contributed by atoms with E-state index in [-0.39, 0.29) is 6.10 Å². The van der Waals surface area contributed by atoms with Gasteiger partial charge in [-0.25, -0.2) is 0 Å². The van der Waals surface area contributed by atoms with Gasteiger partial charge in [0.1, 0.15) is 5.75 Å². The van der Waals surface area contributed by atoms with Crippen molar-refractivity contribution in [3.63, 3.8) is 0 Å². The summed E-state index contributed by atoms with van der Waals surface area (Å²) in [5, 5.41) is 11.2. The van der Waals surface area contributed by atoms with Gasteiger partial charge in [0.05, 0.1) is 11.8 Å². The van der Waals surface area contributed by atoms with Gasteiger partial charge in [0, 0.05) is 19.3 Å². The molecule has 1 aromatic heterocycles. The minimum Gasteiger partial charge on any atom is -0.491 e. The first kappa shape index (κ1) is 13.5. The summed E-state index contributed by atoms with van der Waals surface area (Å²) >= 11 is 0. The highest BCUT2D eigenvalue weighted by Gasteiger charge is 2.00. The van der Waals surface area contributed by atoms with E-state index in [2.05, 4.69) is 27.6 Å². The molecule has 0 radical (unpaired) electrons. The van der Waals surface area contributed by atoms with Crippen molar-refractivity contribution in [2.45, 2.75) is 33.0 Å². The topological polar surface area (TPSA) is 47.0 Å². The minimum atomic E-state index is 0.197. The number of benzene rings is 1. The molecule has 0 saturated heterocycles. The summed E-state index contributed by atoms with van der Waals surface area (Å²) in [5.41, 5.74) is 2.14. The molecule has 0 spiro atoms. The molecular formula is C15H19N3O. The van der Waals surface area contributed by atoms with Crippen molar-refractivity contribution < 1.29 is 4.74 Å². The summed E-state index contributed by atoms with van der Waals surface area (Å²) < 4.78 is 5.67. The predicted octanol–water partition coefficient (Wildman–Crippen LogP) is 2.55. The van der Waals surface area contributed by atoms with Crippen molar-refractivity contribution in [2.75, 3.05) is 0 Å². The molecule has 1 aromatic carbocycles. The Kier molecular flexibility index (Phi) is 4.86. The third-order valence-corrected chi connectivity index (χ3v) is 2.53. The molecule has 0 atom stereocenters. The van der Waals surface area contributed by atoms with Crippen LogP contribution in [0.25, 0.3) is 0 Å². The third-order valence-electron chi connectivity index (χ3n) is 2.53. The maximum atomic E-state index is 5.67. The van der Waals surface area contributed by atoms with Gasteiger partial charge < -0.3 is 10.1 Å². The minimum absolute atomic E-state index is 0.197. The Morgan fingerprint density at radius 2 is 2.05 bits per heavy atom. The van der Waals surface area contributed by atoms with E-state index in [1.54, 1.807) is 6.20 Å². The smallest absolute Gasteiger partial charge is 0.120 e. The SMILES string of the molecule is CC(C)Oc1cccc(CNCc2cccnn2)c1. The highest BCUT2D eigenvalue weighted by molar-refractivity contribution is 5.28. The summed E-state index contributed by atoms with van der Waals surface area (Å²) in [6, 6.07) is 12.0. The van der Waals surface area contributed by atoms with Crippen LogP contribution in [-0.2, 0) is 13.1 Å². The molecule has 1 heterocycles. The van der Waals surface area contributed by atoms with Crippen LogP contribution in [0.5, 0.6) is 5.75 Å². The van der Waals surface area contributed by atoms with Gasteiger partial charge in [-0.2, -0.15) is 10.2 Å². The average molecular weight is 257 g/mol. The molecule has 4 heteroatoms. The molecule has 0 bridgehead atoms. The molecule has 1 N–H and O–H groups in total. The van der Waals surface area contributed by atoms with Gasteiger partial charge in [-0.3, -0.25) is 0 Å². The Hall–Kier alpha value is -1.94. The van der Waals surface area contributed by atoms with Crippen LogP contribution in [-0.4, -0.2) is 16.3 Å². The fourth-order valence-electron chi connectivity index (χ4n) is 1.76. The first-order valence-corrected chi connectivity index (χ1v) is 6.47. The van der Waals surface area contributed by atoms with Crippen molar-refractivity contribution >= 4 is 0 Å². The van der Waals surface area contributed by atoms with E-state index in [0.717, 1.165) is 18.0 Å². The van der Waals surface area contributed by atoms with Crippen LogP contribution in [0.15, 0.2) is 42.6 Å². The second-order valence-electron chi connectivity index (χ2n) is 4.63. The van der Waals surface area contributed by atoms with Crippen molar-refractivity contribution in [2.24, 2.45) is 0 Å². The lowest BCUT2D eigenvalue weighted by atomic mass is 10.2. The molecule has 0 aliphatic carbocycles. The van der Waals surface area contributed by atoms with Crippen molar-refractivity contribution in [1.82, 2.24) is 15.5 Å². The lowest BCUT2D eigenvalue weighted by Crippen LogP contribution is -2.14. The number of aromatic nitrogens is 2. The largest absolute Gasteiger partial charge is 0.491 e. The van der Waals surface area contributed by atoms with Gasteiger partial charge in [-0.1, -0.05) is 12.1 Å². The van der Waals surface area contributed by atoms with Crippen molar-refractivity contribution in [3.8, 4) is 5.75 Å². The molecule has 2 rings (SSSR count). The number of hydrogen-bond acceptors (Lipinski definition) is 4. The Morgan fingerprint density at radius 1 is 1.16 bits per heavy atom. The molecule has 0 saturated carbocycles. The van der Waals surface area contributed by atoms with E-state index in [0.29, 0.717) is 6.54 Å². The number of ether oxygens (including phenoxy) is 1. The van der Waals surface area contributed by atoms with Crippen LogP contribution in [0.3, 0.4) is 0 Å². The van der Waals surface area contributed by atoms with E-state index in [1.165, 1.54) is 5.56 Å². The fourth-order valence-corrected chi connectivity index (χ4v) is 1.76. The predicted molar refractivity (Wildman–Crippen MR) is 74.8 cm³/mol. The lowest BCUT2D eigenvalue weighted by molar-refractivity contribution is 0.242. The molecule has 100 valence electrons. The van der Waals surface area contributed by atoms with E-state index in [4.69, 9.17) is 4.74 Å². The molecule has 19 heavy (non-hydrogen) atoms. The van der Waals surface area contributed by atoms with Gasteiger partial charge in [0.25, 0.3) is 0 Å². The highest BCUT2D eigenvalue weighted by atomic mass is 16.5. The molecule has 0 amide bonds. The number of hydrogen-bond donors (Lipinski definition) is 1. The van der Waals surface area contributed by atoms with Crippen LogP contribution in [0.2, 0.25) is 0 Å². The van der Waals surface area contributed by atoms with E-state index < -0.39 is 0 Å². The van der Waals surface area contributed by atoms with Gasteiger partial charge in [0.2, 0.25) is 0 Å². The Bertz CT molecular complexity index is 500. The third kappa shape index (κ3) is 4.67. The van der Waals surface area contributed by atoms with Gasteiger partial charge in [0.15, 0.2) is 0 Å². The van der Waals surface area contributed by atoms with Gasteiger partial charge in [-0.05, 0) is 43.7 Å². The number of nitrogens with one attached hydrogen (secondary N) is 1. The van der Waals surface area contributed by atoms with Gasteiger partial charge >= 0.3 is 0 Å². The lowest BCUT2D eigenvalue weighted by Gasteiger charge is -2.11. The summed E-state index contributed by atoms with van der Waals surface area (Å²) in [7, 11) is 0. The van der Waals surface area contributed by atoms with Crippen LogP contribution >= 0.6 is 0 Å². The molecule has 4 nitrogen and oxygen atoms in total. The van der Waals surface area contributed by atoms with Crippen molar-refractivity contribution in [3.05, 3.63) is 53.9 Å². The molecule has 2 aromatic rings. The molecule has 0 unspecified atom stereocenters. The quantitative estimate of drug-likeness (QED) is 0.864. The van der Waals surface area contributed by atoms with E-state index in [1.807, 2.05) is 38.1 Å². The average Bonchev–Trinajstić information content (AvgIpc) is 2.40. The molecular weight excluding hydrogens is 238 g/mol. The monoisotopic (exact) mass is 257 g/mol. The second-order valence-corrected chi connectivity index (χ2v) is 4.63. The van der Waals surface area contributed by atoms with Gasteiger partial charge in [-0.15, -0.1) is 0 Å². The zero-order chi connectivity index (χ0) is 13.5. The normalized spacial score (nSPS) is 10.7. The van der Waals surface area contributed by atoms with Crippen LogP contribution < -0.4 is 10.1 Å². The van der Waals surface area contributed by atoms with Crippen molar-refractivity contribution in [1.29, 1.82) is 0 Å². The molecule has 0 fully saturated rings. The van der Waals surface area contributed by atoms with Crippen LogP contribution in [0.1, 0.15) is 25.1 Å². The Balaban J connectivity index is 1.86. The van der Waals surface area contributed by atoms with E-state index >= 15 is 0 Å².